The SMILES string of the molecule is Cc1cc(C)cc(NC(=S)N2CCN(S(=O)(=O)c3ccc(C(N)=O)o3)CC2)c1. The van der Waals surface area contributed by atoms with Gasteiger partial charge in [-0.25, -0.2) is 8.42 Å². The maximum absolute atomic E-state index is 12.7. The number of sulfonamides is 1. The molecule has 0 saturated carbocycles. The maximum Gasteiger partial charge on any atom is 0.284 e. The number of benzene rings is 1. The Labute approximate surface area is 169 Å². The normalized spacial score (nSPS) is 15.4. The number of hydrogen-bond acceptors (Lipinski definition) is 5. The van der Waals surface area contributed by atoms with Crippen molar-refractivity contribution in [3.05, 3.63) is 47.2 Å². The number of carbonyl (C=O) groups excluding carboxylic acids is 1. The molecular formula is C18H22N4O4S2. The molecule has 1 aliphatic rings. The minimum atomic E-state index is -3.83. The fourth-order valence-corrected chi connectivity index (χ4v) is 4.73. The summed E-state index contributed by atoms with van der Waals surface area (Å²) in [6.07, 6.45) is 0. The second kappa shape index (κ2) is 7.90. The van der Waals surface area contributed by atoms with Gasteiger partial charge in [-0.2, -0.15) is 4.31 Å². The predicted molar refractivity (Wildman–Crippen MR) is 110 cm³/mol. The number of nitrogens with zero attached hydrogens (tertiary/aromatic N) is 2. The fraction of sp³-hybridized carbons (Fsp3) is 0.333. The van der Waals surface area contributed by atoms with Crippen LogP contribution < -0.4 is 11.1 Å². The maximum atomic E-state index is 12.7. The van der Waals surface area contributed by atoms with Crippen LogP contribution in [0, 0.1) is 13.8 Å². The number of hydrogen-bond donors (Lipinski definition) is 2. The van der Waals surface area contributed by atoms with Gasteiger partial charge in [0.25, 0.3) is 15.9 Å². The molecule has 2 heterocycles. The number of primary amides is 1. The van der Waals surface area contributed by atoms with Gasteiger partial charge < -0.3 is 20.4 Å². The van der Waals surface area contributed by atoms with Gasteiger partial charge in [-0.15, -0.1) is 0 Å². The topological polar surface area (TPSA) is 109 Å². The summed E-state index contributed by atoms with van der Waals surface area (Å²) in [6.45, 7) is 5.43. The highest BCUT2D eigenvalue weighted by atomic mass is 32.2. The van der Waals surface area contributed by atoms with E-state index in [0.29, 0.717) is 18.2 Å². The van der Waals surface area contributed by atoms with Crippen molar-refractivity contribution in [2.24, 2.45) is 5.73 Å². The first-order valence-corrected chi connectivity index (χ1v) is 10.6. The van der Waals surface area contributed by atoms with Crippen molar-refractivity contribution < 1.29 is 17.6 Å². The predicted octanol–water partition coefficient (Wildman–Crippen LogP) is 1.70. The van der Waals surface area contributed by atoms with Crippen LogP contribution in [-0.2, 0) is 10.0 Å². The lowest BCUT2D eigenvalue weighted by molar-refractivity contribution is 0.0968. The number of nitrogens with two attached hydrogens (primary N) is 1. The zero-order valence-electron chi connectivity index (χ0n) is 15.6. The first kappa shape index (κ1) is 20.3. The molecule has 0 spiro atoms. The highest BCUT2D eigenvalue weighted by Gasteiger charge is 2.32. The Kier molecular flexibility index (Phi) is 5.73. The number of amides is 1. The van der Waals surface area contributed by atoms with E-state index in [1.54, 1.807) is 0 Å². The minimum Gasteiger partial charge on any atom is -0.438 e. The Morgan fingerprint density at radius 3 is 2.25 bits per heavy atom. The van der Waals surface area contributed by atoms with Crippen LogP contribution in [0.2, 0.25) is 0 Å². The van der Waals surface area contributed by atoms with E-state index in [0.717, 1.165) is 16.8 Å². The van der Waals surface area contributed by atoms with Crippen LogP contribution in [-0.4, -0.2) is 54.8 Å². The molecule has 8 nitrogen and oxygen atoms in total. The van der Waals surface area contributed by atoms with E-state index in [9.17, 15) is 13.2 Å². The molecule has 1 fully saturated rings. The quantitative estimate of drug-likeness (QED) is 0.722. The van der Waals surface area contributed by atoms with Gasteiger partial charge in [0.1, 0.15) is 0 Å². The van der Waals surface area contributed by atoms with Gasteiger partial charge in [0, 0.05) is 31.9 Å². The summed E-state index contributed by atoms with van der Waals surface area (Å²) in [5.41, 5.74) is 8.29. The van der Waals surface area contributed by atoms with Crippen molar-refractivity contribution in [2.75, 3.05) is 31.5 Å². The molecule has 1 amide bonds. The molecular weight excluding hydrogens is 400 g/mol. The van der Waals surface area contributed by atoms with Gasteiger partial charge in [0.05, 0.1) is 0 Å². The van der Waals surface area contributed by atoms with Gasteiger partial charge in [0.15, 0.2) is 10.9 Å². The third-order valence-corrected chi connectivity index (χ3v) is 6.55. The number of aryl methyl sites for hydroxylation is 2. The average Bonchev–Trinajstić information content (AvgIpc) is 3.12. The number of anilines is 1. The lowest BCUT2D eigenvalue weighted by Gasteiger charge is -2.35. The number of piperazine rings is 1. The second-order valence-electron chi connectivity index (χ2n) is 6.68. The van der Waals surface area contributed by atoms with E-state index in [-0.39, 0.29) is 23.9 Å². The summed E-state index contributed by atoms with van der Waals surface area (Å²) in [6, 6.07) is 8.60. The molecule has 0 radical (unpaired) electrons. The van der Waals surface area contributed by atoms with Gasteiger partial charge in [-0.3, -0.25) is 4.79 Å². The molecule has 1 aliphatic heterocycles. The zero-order valence-corrected chi connectivity index (χ0v) is 17.3. The third kappa shape index (κ3) is 4.34. The molecule has 2 aromatic rings. The van der Waals surface area contributed by atoms with Crippen molar-refractivity contribution in [2.45, 2.75) is 18.9 Å². The number of nitrogens with one attached hydrogen (secondary N) is 1. The lowest BCUT2D eigenvalue weighted by Crippen LogP contribution is -2.51. The number of rotatable bonds is 4. The Bertz CT molecular complexity index is 988. The molecule has 1 aromatic carbocycles. The van der Waals surface area contributed by atoms with Crippen LogP contribution in [0.1, 0.15) is 21.7 Å². The Hall–Kier alpha value is -2.43. The first-order chi connectivity index (χ1) is 13.2. The van der Waals surface area contributed by atoms with E-state index >= 15 is 0 Å². The molecule has 1 aromatic heterocycles. The van der Waals surface area contributed by atoms with Gasteiger partial charge >= 0.3 is 0 Å². The van der Waals surface area contributed by atoms with E-state index in [2.05, 4.69) is 11.4 Å². The van der Waals surface area contributed by atoms with Crippen LogP contribution >= 0.6 is 12.2 Å². The highest BCUT2D eigenvalue weighted by Crippen LogP contribution is 2.21. The molecule has 150 valence electrons. The van der Waals surface area contributed by atoms with Crippen LogP contribution in [0.4, 0.5) is 5.69 Å². The Balaban J connectivity index is 1.63. The monoisotopic (exact) mass is 422 g/mol. The number of carbonyl (C=O) groups is 1. The molecule has 0 unspecified atom stereocenters. The summed E-state index contributed by atoms with van der Waals surface area (Å²) in [4.78, 5) is 13.0. The molecule has 0 bridgehead atoms. The molecule has 3 N–H and O–H groups in total. The van der Waals surface area contributed by atoms with Crippen molar-refractivity contribution in [1.82, 2.24) is 9.21 Å². The molecule has 0 atom stereocenters. The van der Waals surface area contributed by atoms with Gasteiger partial charge in [0.2, 0.25) is 5.09 Å². The zero-order chi connectivity index (χ0) is 20.5. The highest BCUT2D eigenvalue weighted by molar-refractivity contribution is 7.89. The van der Waals surface area contributed by atoms with Crippen LogP contribution in [0.5, 0.6) is 0 Å². The van der Waals surface area contributed by atoms with E-state index in [1.807, 2.05) is 30.9 Å². The first-order valence-electron chi connectivity index (χ1n) is 8.71. The van der Waals surface area contributed by atoms with Crippen LogP contribution in [0.3, 0.4) is 0 Å². The van der Waals surface area contributed by atoms with E-state index in [4.69, 9.17) is 22.4 Å². The second-order valence-corrected chi connectivity index (χ2v) is 8.94. The number of thiocarbonyl (C=S) groups is 1. The molecule has 28 heavy (non-hydrogen) atoms. The number of furan rings is 1. The van der Waals surface area contributed by atoms with E-state index in [1.165, 1.54) is 16.4 Å². The van der Waals surface area contributed by atoms with Crippen molar-refractivity contribution in [3.8, 4) is 0 Å². The molecule has 10 heteroatoms. The minimum absolute atomic E-state index is 0.184. The summed E-state index contributed by atoms with van der Waals surface area (Å²) in [5, 5.41) is 3.48. The van der Waals surface area contributed by atoms with Crippen LogP contribution in [0.15, 0.2) is 39.8 Å². The average molecular weight is 423 g/mol. The summed E-state index contributed by atoms with van der Waals surface area (Å²) >= 11 is 5.48. The van der Waals surface area contributed by atoms with Gasteiger partial charge in [-0.1, -0.05) is 6.07 Å². The lowest BCUT2D eigenvalue weighted by atomic mass is 10.1. The molecule has 0 aliphatic carbocycles. The van der Waals surface area contributed by atoms with Crippen molar-refractivity contribution in [3.63, 3.8) is 0 Å². The van der Waals surface area contributed by atoms with Gasteiger partial charge in [-0.05, 0) is 61.5 Å². The fourth-order valence-electron chi connectivity index (χ4n) is 3.10. The van der Waals surface area contributed by atoms with Crippen molar-refractivity contribution in [1.29, 1.82) is 0 Å². The third-order valence-electron chi connectivity index (χ3n) is 4.42. The summed E-state index contributed by atoms with van der Waals surface area (Å²) < 4.78 is 31.8. The Morgan fingerprint density at radius 2 is 1.71 bits per heavy atom. The van der Waals surface area contributed by atoms with Crippen molar-refractivity contribution >= 4 is 38.9 Å². The summed E-state index contributed by atoms with van der Waals surface area (Å²) in [5.74, 6) is -0.995. The largest absolute Gasteiger partial charge is 0.438 e. The molecule has 3 rings (SSSR count). The van der Waals surface area contributed by atoms with E-state index < -0.39 is 15.9 Å². The summed E-state index contributed by atoms with van der Waals surface area (Å²) in [7, 11) is -3.83. The smallest absolute Gasteiger partial charge is 0.284 e. The molecule has 1 saturated heterocycles. The standard InChI is InChI=1S/C18H22N4O4S2/c1-12-9-13(2)11-14(10-12)20-18(27)21-5-7-22(8-6-21)28(24,25)16-4-3-15(26-16)17(19)23/h3-4,9-11H,5-8H2,1-2H3,(H2,19,23)(H,20,27). The Morgan fingerprint density at radius 1 is 1.11 bits per heavy atom. The van der Waals surface area contributed by atoms with Crippen LogP contribution in [0.25, 0.3) is 0 Å².